The summed E-state index contributed by atoms with van der Waals surface area (Å²) in [7, 11) is 1.49. The van der Waals surface area contributed by atoms with Crippen LogP contribution in [0.15, 0.2) is 30.5 Å². The summed E-state index contributed by atoms with van der Waals surface area (Å²) < 4.78 is 1.43. The molecule has 186 valence electrons. The number of likely N-dealkylation sites (tertiary alicyclic amines) is 1. The monoisotopic (exact) mass is 482 g/mol. The van der Waals surface area contributed by atoms with Gasteiger partial charge < -0.3 is 26.0 Å². The van der Waals surface area contributed by atoms with E-state index in [1.165, 1.54) is 16.6 Å². The van der Waals surface area contributed by atoms with Crippen molar-refractivity contribution in [2.24, 2.45) is 5.41 Å². The molecule has 1 fully saturated rings. The fourth-order valence-electron chi connectivity index (χ4n) is 4.04. The number of hydrogen-bond donors (Lipinski definition) is 4. The van der Waals surface area contributed by atoms with Crippen molar-refractivity contribution in [2.75, 3.05) is 18.9 Å². The Labute approximate surface area is 203 Å². The number of nitriles is 1. The summed E-state index contributed by atoms with van der Waals surface area (Å²) in [5.41, 5.74) is 0.742. The van der Waals surface area contributed by atoms with Crippen LogP contribution in [0.25, 0.3) is 0 Å². The molecule has 3 atom stereocenters. The summed E-state index contributed by atoms with van der Waals surface area (Å²) >= 11 is 0. The lowest BCUT2D eigenvalue weighted by atomic mass is 9.85. The molecule has 1 aromatic heterocycles. The summed E-state index contributed by atoms with van der Waals surface area (Å²) in [4.78, 5) is 39.5. The third-order valence-electron chi connectivity index (χ3n) is 5.67. The van der Waals surface area contributed by atoms with Crippen LogP contribution in [0.2, 0.25) is 0 Å². The maximum Gasteiger partial charge on any atom is 0.319 e. The lowest BCUT2D eigenvalue weighted by Gasteiger charge is -2.34. The zero-order valence-corrected chi connectivity index (χ0v) is 20.1. The second-order valence-electron chi connectivity index (χ2n) is 9.47. The van der Waals surface area contributed by atoms with Crippen LogP contribution in [0.3, 0.4) is 0 Å². The number of β-amino-alcohol motifs (C(OH)–C–C–N with tert-alkyl or cyclic N) is 1. The molecule has 1 saturated heterocycles. The number of urea groups is 1. The van der Waals surface area contributed by atoms with Gasteiger partial charge in [-0.15, -0.1) is 5.10 Å². The molecule has 0 saturated carbocycles. The van der Waals surface area contributed by atoms with Crippen LogP contribution in [-0.4, -0.2) is 68.6 Å². The number of nitrogens with one attached hydrogen (secondary N) is 3. The molecule has 1 aromatic carbocycles. The normalized spacial score (nSPS) is 18.5. The average molecular weight is 483 g/mol. The minimum Gasteiger partial charge on any atom is -0.391 e. The van der Waals surface area contributed by atoms with E-state index in [4.69, 9.17) is 5.26 Å². The van der Waals surface area contributed by atoms with E-state index in [1.807, 2.05) is 26.8 Å². The molecule has 0 spiro atoms. The van der Waals surface area contributed by atoms with Crippen molar-refractivity contribution in [3.05, 3.63) is 41.7 Å². The smallest absolute Gasteiger partial charge is 0.319 e. The Morgan fingerprint density at radius 1 is 1.31 bits per heavy atom. The Hall–Kier alpha value is -3.98. The van der Waals surface area contributed by atoms with Gasteiger partial charge >= 0.3 is 6.03 Å². The van der Waals surface area contributed by atoms with Crippen molar-refractivity contribution in [1.82, 2.24) is 30.5 Å². The van der Waals surface area contributed by atoms with Crippen LogP contribution in [0.1, 0.15) is 44.5 Å². The number of carbonyl (C=O) groups excluding carboxylic acids is 3. The molecule has 4 N–H and O–H groups in total. The van der Waals surface area contributed by atoms with Gasteiger partial charge in [-0.1, -0.05) is 32.1 Å². The topological polar surface area (TPSA) is 165 Å². The van der Waals surface area contributed by atoms with Gasteiger partial charge in [-0.2, -0.15) is 5.26 Å². The van der Waals surface area contributed by atoms with Crippen molar-refractivity contribution in [1.29, 1.82) is 5.26 Å². The molecule has 12 nitrogen and oxygen atoms in total. The van der Waals surface area contributed by atoms with E-state index in [0.29, 0.717) is 16.9 Å². The lowest BCUT2D eigenvalue weighted by molar-refractivity contribution is -0.144. The predicted molar refractivity (Wildman–Crippen MR) is 126 cm³/mol. The number of anilines is 1. The Morgan fingerprint density at radius 2 is 2.06 bits per heavy atom. The van der Waals surface area contributed by atoms with Gasteiger partial charge in [-0.3, -0.25) is 9.59 Å². The van der Waals surface area contributed by atoms with Crippen LogP contribution in [0.4, 0.5) is 10.5 Å². The molecule has 4 amide bonds. The number of hydrogen-bond acceptors (Lipinski definition) is 7. The highest BCUT2D eigenvalue weighted by Crippen LogP contribution is 2.34. The largest absolute Gasteiger partial charge is 0.391 e. The first-order valence-corrected chi connectivity index (χ1v) is 11.2. The van der Waals surface area contributed by atoms with Gasteiger partial charge in [0, 0.05) is 25.7 Å². The van der Waals surface area contributed by atoms with Crippen LogP contribution in [0, 0.1) is 16.7 Å². The first kappa shape index (κ1) is 25.6. The van der Waals surface area contributed by atoms with E-state index < -0.39 is 29.6 Å². The third kappa shape index (κ3) is 6.13. The number of aromatic nitrogens is 3. The molecule has 3 rings (SSSR count). The van der Waals surface area contributed by atoms with Crippen molar-refractivity contribution in [2.45, 2.75) is 51.9 Å². The number of aliphatic hydroxyl groups is 1. The maximum absolute atomic E-state index is 13.5. The summed E-state index contributed by atoms with van der Waals surface area (Å²) in [5, 5.41) is 35.1. The number of aliphatic hydroxyl groups excluding tert-OH is 1. The van der Waals surface area contributed by atoms with Gasteiger partial charge in [-0.25, -0.2) is 9.48 Å². The number of amides is 4. The summed E-state index contributed by atoms with van der Waals surface area (Å²) in [6.45, 7) is 5.73. The van der Waals surface area contributed by atoms with Gasteiger partial charge in [0.25, 0.3) is 0 Å². The Bertz CT molecular complexity index is 1130. The van der Waals surface area contributed by atoms with E-state index >= 15 is 0 Å². The van der Waals surface area contributed by atoms with Gasteiger partial charge in [-0.05, 0) is 23.6 Å². The van der Waals surface area contributed by atoms with E-state index in [9.17, 15) is 19.5 Å². The van der Waals surface area contributed by atoms with Crippen molar-refractivity contribution < 1.29 is 19.5 Å². The van der Waals surface area contributed by atoms with Gasteiger partial charge in [0.15, 0.2) is 0 Å². The number of rotatable bonds is 6. The first-order valence-electron chi connectivity index (χ1n) is 11.2. The van der Waals surface area contributed by atoms with Crippen LogP contribution in [0.5, 0.6) is 0 Å². The van der Waals surface area contributed by atoms with Crippen molar-refractivity contribution in [3.8, 4) is 6.07 Å². The molecule has 2 aromatic rings. The summed E-state index contributed by atoms with van der Waals surface area (Å²) in [6.07, 6.45) is 0.956. The second-order valence-corrected chi connectivity index (χ2v) is 9.47. The molecule has 0 bridgehead atoms. The third-order valence-corrected chi connectivity index (χ3v) is 5.67. The Balaban J connectivity index is 1.71. The number of nitrogens with zero attached hydrogens (tertiary/aromatic N) is 5. The minimum atomic E-state index is -0.788. The second kappa shape index (κ2) is 10.5. The standard InChI is InChI=1S/C23H30N8O4/c1-23(2,3)19(21(34)30-13-17(32)9-18(30)20(33)25-4)31-12-16(28-29-31)11-26-22(35)27-15-7-5-6-14(8-15)10-24/h5-8,12,17-19,32H,9,11,13H2,1-4H3,(H,25,33)(H2,26,27,35)/t17-,18+,19-/m1/s1. The van der Waals surface area contributed by atoms with E-state index in [-0.39, 0.29) is 31.3 Å². The minimum absolute atomic E-state index is 0.0537. The zero-order chi connectivity index (χ0) is 25.8. The maximum atomic E-state index is 13.5. The number of benzene rings is 1. The Kier molecular flexibility index (Phi) is 7.71. The fourth-order valence-corrected chi connectivity index (χ4v) is 4.04. The van der Waals surface area contributed by atoms with Crippen LogP contribution in [-0.2, 0) is 16.1 Å². The molecule has 2 heterocycles. The van der Waals surface area contributed by atoms with Crippen molar-refractivity contribution in [3.63, 3.8) is 0 Å². The molecule has 0 aliphatic carbocycles. The number of likely N-dealkylation sites (N-methyl/N-ethyl adjacent to an activating group) is 1. The lowest BCUT2D eigenvalue weighted by Crippen LogP contribution is -2.49. The quantitative estimate of drug-likeness (QED) is 0.472. The molecule has 35 heavy (non-hydrogen) atoms. The predicted octanol–water partition coefficient (Wildman–Crippen LogP) is 0.766. The van der Waals surface area contributed by atoms with Gasteiger partial charge in [0.2, 0.25) is 11.8 Å². The van der Waals surface area contributed by atoms with Crippen molar-refractivity contribution >= 4 is 23.5 Å². The molecular weight excluding hydrogens is 452 g/mol. The highest BCUT2D eigenvalue weighted by molar-refractivity contribution is 5.90. The van der Waals surface area contributed by atoms with Gasteiger partial charge in [0.1, 0.15) is 17.8 Å². The van der Waals surface area contributed by atoms with Gasteiger partial charge in [0.05, 0.1) is 30.5 Å². The molecular formula is C23H30N8O4. The van der Waals surface area contributed by atoms with Crippen LogP contribution >= 0.6 is 0 Å². The first-order chi connectivity index (χ1) is 16.5. The molecule has 12 heteroatoms. The highest BCUT2D eigenvalue weighted by Gasteiger charge is 2.45. The van der Waals surface area contributed by atoms with Crippen LogP contribution < -0.4 is 16.0 Å². The van der Waals surface area contributed by atoms with E-state index in [0.717, 1.165) is 0 Å². The molecule has 1 aliphatic rings. The van der Waals surface area contributed by atoms with E-state index in [1.54, 1.807) is 30.5 Å². The SMILES string of the molecule is CNC(=O)[C@@H]1C[C@@H](O)CN1C(=O)[C@@H](n1cc(CNC(=O)Nc2cccc(C#N)c2)nn1)C(C)(C)C. The summed E-state index contributed by atoms with van der Waals surface area (Å²) in [5.74, 6) is -0.681. The molecule has 0 radical (unpaired) electrons. The van der Waals surface area contributed by atoms with E-state index in [2.05, 4.69) is 26.3 Å². The average Bonchev–Trinajstić information content (AvgIpc) is 3.43. The number of carbonyl (C=O) groups is 3. The zero-order valence-electron chi connectivity index (χ0n) is 20.1. The summed E-state index contributed by atoms with van der Waals surface area (Å²) in [6, 6.07) is 6.48. The molecule has 0 unspecified atom stereocenters. The molecule has 1 aliphatic heterocycles. The Morgan fingerprint density at radius 3 is 2.71 bits per heavy atom. The highest BCUT2D eigenvalue weighted by atomic mass is 16.3. The fraction of sp³-hybridized carbons (Fsp3) is 0.478.